The van der Waals surface area contributed by atoms with Crippen LogP contribution in [-0.2, 0) is 23.8 Å². The molecular formula is C45H74O5. The number of carbonyl (C=O) groups is 2. The standard InChI is InChI=1S/C45H74O5/c1-4-7-10-13-15-17-19-21-23-24-26-28-30-33-35-38-44(46)49-42-43(50-45(47)39-36-32-12-9-6-3)41-48-40-37-34-31-29-27-25-22-20-18-16-14-11-8-5-2/h7,10-11,14-15,17-18,20-21,23,26,28,33,35,43H,4-6,8-9,12-13,16,19,22,24-25,27,29-32,34,36-42H2,1-3H3/b10-7-,14-11-,17-15-,20-18-,23-21-,28-26-,35-33-. The molecule has 0 aliphatic carbocycles. The van der Waals surface area contributed by atoms with Gasteiger partial charge in [-0.25, -0.2) is 0 Å². The minimum absolute atomic E-state index is 0.0224. The number of allylic oxidation sites excluding steroid dienone is 13. The fraction of sp³-hybridized carbons (Fsp3) is 0.644. The highest BCUT2D eigenvalue weighted by molar-refractivity contribution is 5.71. The lowest BCUT2D eigenvalue weighted by Crippen LogP contribution is -2.30. The van der Waals surface area contributed by atoms with E-state index in [0.717, 1.165) is 77.0 Å². The van der Waals surface area contributed by atoms with Gasteiger partial charge >= 0.3 is 11.9 Å². The fourth-order valence-electron chi connectivity index (χ4n) is 4.97. The highest BCUT2D eigenvalue weighted by atomic mass is 16.6. The summed E-state index contributed by atoms with van der Waals surface area (Å²) in [5.74, 6) is -0.571. The third kappa shape index (κ3) is 37.9. The normalized spacial score (nSPS) is 13.1. The number of hydrogen-bond acceptors (Lipinski definition) is 5. The van der Waals surface area contributed by atoms with E-state index in [2.05, 4.69) is 93.7 Å². The summed E-state index contributed by atoms with van der Waals surface area (Å²) in [4.78, 5) is 24.8. The Morgan fingerprint density at radius 3 is 1.62 bits per heavy atom. The zero-order valence-electron chi connectivity index (χ0n) is 32.4. The van der Waals surface area contributed by atoms with Crippen molar-refractivity contribution < 1.29 is 23.8 Å². The summed E-state index contributed by atoms with van der Waals surface area (Å²) in [7, 11) is 0. The molecule has 0 N–H and O–H groups in total. The maximum atomic E-state index is 12.5. The van der Waals surface area contributed by atoms with Gasteiger partial charge in [0.2, 0.25) is 0 Å². The molecule has 0 aliphatic heterocycles. The zero-order chi connectivity index (χ0) is 36.4. The van der Waals surface area contributed by atoms with E-state index in [1.807, 2.05) is 12.2 Å². The summed E-state index contributed by atoms with van der Waals surface area (Å²) in [6.45, 7) is 7.41. The van der Waals surface area contributed by atoms with Gasteiger partial charge in [-0.3, -0.25) is 9.59 Å². The molecule has 0 saturated heterocycles. The molecule has 0 aromatic carbocycles. The summed E-state index contributed by atoms with van der Waals surface area (Å²) >= 11 is 0. The average Bonchev–Trinajstić information content (AvgIpc) is 3.11. The first-order chi connectivity index (χ1) is 24.6. The van der Waals surface area contributed by atoms with Crippen LogP contribution in [0.3, 0.4) is 0 Å². The quantitative estimate of drug-likeness (QED) is 0.0375. The van der Waals surface area contributed by atoms with E-state index >= 15 is 0 Å². The molecule has 0 heterocycles. The van der Waals surface area contributed by atoms with Crippen molar-refractivity contribution in [2.24, 2.45) is 0 Å². The molecular weight excluding hydrogens is 620 g/mol. The number of hydrogen-bond donors (Lipinski definition) is 0. The van der Waals surface area contributed by atoms with Gasteiger partial charge < -0.3 is 14.2 Å². The van der Waals surface area contributed by atoms with E-state index in [9.17, 15) is 9.59 Å². The Hall–Kier alpha value is -2.92. The van der Waals surface area contributed by atoms with Crippen LogP contribution >= 0.6 is 0 Å². The van der Waals surface area contributed by atoms with Gasteiger partial charge in [-0.1, -0.05) is 164 Å². The van der Waals surface area contributed by atoms with Crippen LogP contribution in [0, 0.1) is 0 Å². The van der Waals surface area contributed by atoms with Crippen molar-refractivity contribution in [3.63, 3.8) is 0 Å². The molecule has 0 amide bonds. The summed E-state index contributed by atoms with van der Waals surface area (Å²) in [6.07, 6.45) is 52.0. The largest absolute Gasteiger partial charge is 0.461 e. The van der Waals surface area contributed by atoms with Crippen LogP contribution in [0.15, 0.2) is 85.1 Å². The Kier molecular flexibility index (Phi) is 38.1. The van der Waals surface area contributed by atoms with E-state index in [4.69, 9.17) is 14.2 Å². The molecule has 0 aromatic rings. The van der Waals surface area contributed by atoms with Crippen molar-refractivity contribution in [1.29, 1.82) is 0 Å². The first kappa shape index (κ1) is 47.1. The smallest absolute Gasteiger partial charge is 0.309 e. The highest BCUT2D eigenvalue weighted by Crippen LogP contribution is 2.10. The zero-order valence-corrected chi connectivity index (χ0v) is 32.4. The van der Waals surface area contributed by atoms with E-state index in [1.54, 1.807) is 0 Å². The van der Waals surface area contributed by atoms with Crippen LogP contribution in [0.1, 0.15) is 162 Å². The predicted octanol–water partition coefficient (Wildman–Crippen LogP) is 13.0. The number of esters is 2. The Labute approximate surface area is 308 Å². The Balaban J connectivity index is 4.28. The molecule has 0 aromatic heterocycles. The number of carbonyl (C=O) groups excluding carboxylic acids is 2. The summed E-state index contributed by atoms with van der Waals surface area (Å²) in [6, 6.07) is 0. The van der Waals surface area contributed by atoms with E-state index in [0.29, 0.717) is 13.0 Å². The lowest BCUT2D eigenvalue weighted by Gasteiger charge is -2.18. The monoisotopic (exact) mass is 695 g/mol. The minimum Gasteiger partial charge on any atom is -0.461 e. The van der Waals surface area contributed by atoms with Crippen molar-refractivity contribution in [2.45, 2.75) is 168 Å². The molecule has 0 radical (unpaired) electrons. The van der Waals surface area contributed by atoms with Gasteiger partial charge in [-0.15, -0.1) is 0 Å². The predicted molar refractivity (Wildman–Crippen MR) is 214 cm³/mol. The number of rotatable bonds is 35. The first-order valence-corrected chi connectivity index (χ1v) is 20.1. The van der Waals surface area contributed by atoms with Gasteiger partial charge in [0.15, 0.2) is 6.10 Å². The molecule has 50 heavy (non-hydrogen) atoms. The van der Waals surface area contributed by atoms with Crippen LogP contribution in [0.25, 0.3) is 0 Å². The van der Waals surface area contributed by atoms with Crippen molar-refractivity contribution in [2.75, 3.05) is 19.8 Å². The number of ether oxygens (including phenoxy) is 3. The van der Waals surface area contributed by atoms with Gasteiger partial charge in [0.05, 0.1) is 13.0 Å². The Morgan fingerprint density at radius 2 is 1.00 bits per heavy atom. The fourth-order valence-corrected chi connectivity index (χ4v) is 4.97. The molecule has 0 bridgehead atoms. The molecule has 1 atom stereocenters. The van der Waals surface area contributed by atoms with Gasteiger partial charge in [-0.2, -0.15) is 0 Å². The molecule has 0 rings (SSSR count). The van der Waals surface area contributed by atoms with Crippen LogP contribution in [0.2, 0.25) is 0 Å². The molecule has 5 nitrogen and oxygen atoms in total. The maximum Gasteiger partial charge on any atom is 0.309 e. The SMILES string of the molecule is CC/C=C\C/C=C\C/C=C\C/C=C\C/C=C\CC(=O)OCC(COCCCCCCCC/C=C\C/C=C\CCC)OC(=O)CCCCCCC. The van der Waals surface area contributed by atoms with E-state index < -0.39 is 6.10 Å². The molecule has 0 spiro atoms. The first-order valence-electron chi connectivity index (χ1n) is 20.1. The van der Waals surface area contributed by atoms with Gasteiger partial charge in [0.25, 0.3) is 0 Å². The topological polar surface area (TPSA) is 61.8 Å². The molecule has 5 heteroatoms. The molecule has 1 unspecified atom stereocenters. The highest BCUT2D eigenvalue weighted by Gasteiger charge is 2.17. The number of unbranched alkanes of at least 4 members (excludes halogenated alkanes) is 11. The molecule has 284 valence electrons. The van der Waals surface area contributed by atoms with E-state index in [-0.39, 0.29) is 31.6 Å². The van der Waals surface area contributed by atoms with Gasteiger partial charge in [0.1, 0.15) is 6.61 Å². The van der Waals surface area contributed by atoms with Gasteiger partial charge in [0, 0.05) is 13.0 Å². The lowest BCUT2D eigenvalue weighted by atomic mass is 10.1. The minimum atomic E-state index is -0.578. The summed E-state index contributed by atoms with van der Waals surface area (Å²) in [5, 5.41) is 0. The maximum absolute atomic E-state index is 12.5. The van der Waals surface area contributed by atoms with Crippen LogP contribution in [0.5, 0.6) is 0 Å². The van der Waals surface area contributed by atoms with Crippen LogP contribution < -0.4 is 0 Å². The van der Waals surface area contributed by atoms with E-state index in [1.165, 1.54) is 51.4 Å². The summed E-state index contributed by atoms with van der Waals surface area (Å²) in [5.41, 5.74) is 0. The third-order valence-corrected chi connectivity index (χ3v) is 7.93. The van der Waals surface area contributed by atoms with Gasteiger partial charge in [-0.05, 0) is 70.6 Å². The van der Waals surface area contributed by atoms with Crippen molar-refractivity contribution >= 4 is 11.9 Å². The van der Waals surface area contributed by atoms with Crippen LogP contribution in [0.4, 0.5) is 0 Å². The second-order valence-corrected chi connectivity index (χ2v) is 12.8. The Bertz CT molecular complexity index is 968. The molecule has 0 fully saturated rings. The third-order valence-electron chi connectivity index (χ3n) is 7.93. The molecule has 0 saturated carbocycles. The van der Waals surface area contributed by atoms with Crippen molar-refractivity contribution in [3.8, 4) is 0 Å². The second kappa shape index (κ2) is 40.5. The molecule has 0 aliphatic rings. The lowest BCUT2D eigenvalue weighted by molar-refractivity contribution is -0.162. The Morgan fingerprint density at radius 1 is 0.480 bits per heavy atom. The van der Waals surface area contributed by atoms with Crippen LogP contribution in [-0.4, -0.2) is 37.9 Å². The second-order valence-electron chi connectivity index (χ2n) is 12.8. The van der Waals surface area contributed by atoms with Crippen molar-refractivity contribution in [3.05, 3.63) is 85.1 Å². The van der Waals surface area contributed by atoms with Crippen molar-refractivity contribution in [1.82, 2.24) is 0 Å². The summed E-state index contributed by atoms with van der Waals surface area (Å²) < 4.78 is 17.0. The average molecular weight is 695 g/mol.